The van der Waals surface area contributed by atoms with Crippen LogP contribution in [0, 0.1) is 0 Å². The summed E-state index contributed by atoms with van der Waals surface area (Å²) in [6.45, 7) is 0. The molecule has 0 radical (unpaired) electrons. The van der Waals surface area contributed by atoms with Crippen molar-refractivity contribution in [2.75, 3.05) is 0 Å². The molecule has 0 amide bonds. The van der Waals surface area contributed by atoms with Crippen molar-refractivity contribution < 1.29 is 4.79 Å². The highest BCUT2D eigenvalue weighted by molar-refractivity contribution is 6.04. The van der Waals surface area contributed by atoms with Gasteiger partial charge in [0.25, 0.3) is 0 Å². The molecule has 0 unspecified atom stereocenters. The summed E-state index contributed by atoms with van der Waals surface area (Å²) >= 11 is 0. The van der Waals surface area contributed by atoms with Crippen LogP contribution in [0.15, 0.2) is 164 Å². The zero-order valence-electron chi connectivity index (χ0n) is 22.1. The Labute approximate surface area is 235 Å². The Bertz CT molecular complexity index is 1710. The Morgan fingerprint density at radius 3 is 1.15 bits per heavy atom. The van der Waals surface area contributed by atoms with E-state index in [1.807, 2.05) is 24.3 Å². The van der Waals surface area contributed by atoms with E-state index in [1.54, 1.807) is 0 Å². The van der Waals surface area contributed by atoms with Crippen molar-refractivity contribution in [2.45, 2.75) is 0 Å². The van der Waals surface area contributed by atoms with E-state index in [-0.39, 0.29) is 0 Å². The smallest absolute Gasteiger partial charge is 0.150 e. The molecule has 0 fully saturated rings. The minimum absolute atomic E-state index is 0.701. The lowest BCUT2D eigenvalue weighted by molar-refractivity contribution is 0.112. The lowest BCUT2D eigenvalue weighted by Gasteiger charge is -2.18. The van der Waals surface area contributed by atoms with Crippen LogP contribution in [0.3, 0.4) is 0 Å². The fourth-order valence-electron chi connectivity index (χ4n) is 5.26. The molecule has 6 aromatic carbocycles. The molecule has 6 aromatic rings. The molecule has 6 rings (SSSR count). The van der Waals surface area contributed by atoms with Crippen LogP contribution in [0.4, 0.5) is 0 Å². The van der Waals surface area contributed by atoms with Crippen LogP contribution >= 0.6 is 0 Å². The molecule has 0 saturated heterocycles. The first-order valence-corrected chi connectivity index (χ1v) is 13.5. The summed E-state index contributed by atoms with van der Waals surface area (Å²) in [5, 5.41) is 0. The summed E-state index contributed by atoms with van der Waals surface area (Å²) in [5.74, 6) is 0. The van der Waals surface area contributed by atoms with Crippen LogP contribution in [0.2, 0.25) is 0 Å². The van der Waals surface area contributed by atoms with Gasteiger partial charge >= 0.3 is 0 Å². The van der Waals surface area contributed by atoms with Gasteiger partial charge in [0.2, 0.25) is 0 Å². The lowest BCUT2D eigenvalue weighted by atomic mass is 9.85. The summed E-state index contributed by atoms with van der Waals surface area (Å²) < 4.78 is 0. The summed E-state index contributed by atoms with van der Waals surface area (Å²) in [6, 6.07) is 56.8. The Balaban J connectivity index is 1.44. The maximum absolute atomic E-state index is 11.5. The molecule has 0 bridgehead atoms. The van der Waals surface area contributed by atoms with Gasteiger partial charge in [-0.2, -0.15) is 0 Å². The van der Waals surface area contributed by atoms with Crippen LogP contribution in [-0.2, 0) is 0 Å². The minimum Gasteiger partial charge on any atom is -0.298 e. The second kappa shape index (κ2) is 11.6. The van der Waals surface area contributed by atoms with E-state index in [0.717, 1.165) is 34.1 Å². The minimum atomic E-state index is 0.701. The molecule has 0 aliphatic heterocycles. The molecule has 0 atom stereocenters. The van der Waals surface area contributed by atoms with E-state index in [2.05, 4.69) is 140 Å². The van der Waals surface area contributed by atoms with E-state index < -0.39 is 0 Å². The van der Waals surface area contributed by atoms with Crippen LogP contribution < -0.4 is 0 Å². The number of aldehydes is 1. The molecule has 0 N–H and O–H groups in total. The molecule has 0 aliphatic carbocycles. The van der Waals surface area contributed by atoms with Crippen molar-refractivity contribution in [1.82, 2.24) is 0 Å². The second-order valence-corrected chi connectivity index (χ2v) is 9.71. The van der Waals surface area contributed by atoms with Crippen molar-refractivity contribution in [3.05, 3.63) is 192 Å². The van der Waals surface area contributed by atoms with Crippen LogP contribution in [0.1, 0.15) is 32.6 Å². The normalized spacial score (nSPS) is 10.6. The largest absolute Gasteiger partial charge is 0.298 e. The van der Waals surface area contributed by atoms with Gasteiger partial charge in [-0.05, 0) is 55.7 Å². The first-order valence-electron chi connectivity index (χ1n) is 13.5. The van der Waals surface area contributed by atoms with Crippen molar-refractivity contribution in [1.29, 1.82) is 0 Å². The lowest BCUT2D eigenvalue weighted by Crippen LogP contribution is -1.97. The van der Waals surface area contributed by atoms with E-state index in [0.29, 0.717) is 5.56 Å². The molecule has 40 heavy (non-hydrogen) atoms. The highest BCUT2D eigenvalue weighted by atomic mass is 16.1. The zero-order valence-corrected chi connectivity index (χ0v) is 22.1. The van der Waals surface area contributed by atoms with Crippen LogP contribution in [-0.4, -0.2) is 6.29 Å². The maximum Gasteiger partial charge on any atom is 0.150 e. The molecule has 1 nitrogen and oxygen atoms in total. The van der Waals surface area contributed by atoms with Gasteiger partial charge in [-0.3, -0.25) is 4.79 Å². The fraction of sp³-hybridized carbons (Fsp3) is 0. The number of rotatable bonds is 7. The molecule has 0 heterocycles. The standard InChI is InChI=1S/C39H28O/c40-28-36-18-10-11-19-37(36)31-24-20-29(21-25-31)30-22-26-35(27-23-30)39(34-16-8-3-9-17-34)38(32-12-4-1-5-13-32)33-14-6-2-7-15-33/h1-28H. The average Bonchev–Trinajstić information content (AvgIpc) is 3.05. The molecular weight excluding hydrogens is 484 g/mol. The summed E-state index contributed by atoms with van der Waals surface area (Å²) in [5.41, 5.74) is 12.1. The number of carbonyl (C=O) groups excluding carboxylic acids is 1. The van der Waals surface area contributed by atoms with Crippen molar-refractivity contribution >= 4 is 17.4 Å². The predicted octanol–water partition coefficient (Wildman–Crippen LogP) is 9.84. The van der Waals surface area contributed by atoms with Gasteiger partial charge in [0, 0.05) is 5.56 Å². The first-order chi connectivity index (χ1) is 19.8. The van der Waals surface area contributed by atoms with Gasteiger partial charge in [-0.1, -0.05) is 164 Å². The summed E-state index contributed by atoms with van der Waals surface area (Å²) in [6.07, 6.45) is 0.916. The Hall–Kier alpha value is -5.27. The van der Waals surface area contributed by atoms with Crippen LogP contribution in [0.5, 0.6) is 0 Å². The van der Waals surface area contributed by atoms with Crippen LogP contribution in [0.25, 0.3) is 33.4 Å². The topological polar surface area (TPSA) is 17.1 Å². The molecule has 0 aliphatic rings. The number of hydrogen-bond acceptors (Lipinski definition) is 1. The monoisotopic (exact) mass is 512 g/mol. The SMILES string of the molecule is O=Cc1ccccc1-c1ccc(-c2ccc(C(=C(c3ccccc3)c3ccccc3)c3ccccc3)cc2)cc1. The third-order valence-electron chi connectivity index (χ3n) is 7.23. The Morgan fingerprint density at radius 2 is 0.700 bits per heavy atom. The van der Waals surface area contributed by atoms with E-state index in [1.165, 1.54) is 27.8 Å². The molecule has 1 heteroatoms. The van der Waals surface area contributed by atoms with E-state index in [4.69, 9.17) is 0 Å². The molecule has 0 spiro atoms. The summed E-state index contributed by atoms with van der Waals surface area (Å²) in [4.78, 5) is 11.5. The van der Waals surface area contributed by atoms with E-state index in [9.17, 15) is 4.79 Å². The van der Waals surface area contributed by atoms with Gasteiger partial charge < -0.3 is 0 Å². The van der Waals surface area contributed by atoms with Crippen molar-refractivity contribution in [2.24, 2.45) is 0 Å². The molecule has 190 valence electrons. The summed E-state index contributed by atoms with van der Waals surface area (Å²) in [7, 11) is 0. The quantitative estimate of drug-likeness (QED) is 0.154. The third-order valence-corrected chi connectivity index (χ3v) is 7.23. The highest BCUT2D eigenvalue weighted by Gasteiger charge is 2.16. The predicted molar refractivity (Wildman–Crippen MR) is 167 cm³/mol. The van der Waals surface area contributed by atoms with Crippen molar-refractivity contribution in [3.63, 3.8) is 0 Å². The number of hydrogen-bond donors (Lipinski definition) is 0. The zero-order chi connectivity index (χ0) is 27.1. The molecule has 0 aromatic heterocycles. The molecular formula is C39H28O. The van der Waals surface area contributed by atoms with E-state index >= 15 is 0 Å². The first kappa shape index (κ1) is 25.0. The van der Waals surface area contributed by atoms with Gasteiger partial charge in [0.1, 0.15) is 0 Å². The van der Waals surface area contributed by atoms with Crippen molar-refractivity contribution in [3.8, 4) is 22.3 Å². The fourth-order valence-corrected chi connectivity index (χ4v) is 5.26. The Morgan fingerprint density at radius 1 is 0.350 bits per heavy atom. The average molecular weight is 513 g/mol. The third kappa shape index (κ3) is 5.18. The number of carbonyl (C=O) groups is 1. The molecule has 0 saturated carbocycles. The second-order valence-electron chi connectivity index (χ2n) is 9.71. The van der Waals surface area contributed by atoms with Gasteiger partial charge in [0.15, 0.2) is 6.29 Å². The van der Waals surface area contributed by atoms with Gasteiger partial charge in [-0.25, -0.2) is 0 Å². The Kier molecular flexibility index (Phi) is 7.28. The maximum atomic E-state index is 11.5. The number of benzene rings is 6. The van der Waals surface area contributed by atoms with Gasteiger partial charge in [-0.15, -0.1) is 0 Å². The highest BCUT2D eigenvalue weighted by Crippen LogP contribution is 2.37. The van der Waals surface area contributed by atoms with Gasteiger partial charge in [0.05, 0.1) is 0 Å².